The SMILES string of the molecule is [CH2]C(C)C(C1CC1)C1CC1. The van der Waals surface area contributed by atoms with Gasteiger partial charge in [0.05, 0.1) is 0 Å². The quantitative estimate of drug-likeness (QED) is 0.561. The van der Waals surface area contributed by atoms with Crippen LogP contribution in [0.25, 0.3) is 0 Å². The van der Waals surface area contributed by atoms with Crippen LogP contribution in [0.5, 0.6) is 0 Å². The molecule has 1 unspecified atom stereocenters. The summed E-state index contributed by atoms with van der Waals surface area (Å²) in [5.74, 6) is 3.87. The van der Waals surface area contributed by atoms with E-state index in [4.69, 9.17) is 0 Å². The van der Waals surface area contributed by atoms with E-state index in [1.54, 1.807) is 0 Å². The molecule has 2 aliphatic rings. The van der Waals surface area contributed by atoms with Gasteiger partial charge in [0.2, 0.25) is 0 Å². The molecule has 0 aromatic rings. The van der Waals surface area contributed by atoms with Crippen LogP contribution >= 0.6 is 0 Å². The molecule has 2 aliphatic carbocycles. The molecule has 0 N–H and O–H groups in total. The lowest BCUT2D eigenvalue weighted by molar-refractivity contribution is 0.323. The third kappa shape index (κ3) is 1.21. The zero-order valence-corrected chi connectivity index (χ0v) is 6.84. The van der Waals surface area contributed by atoms with Crippen LogP contribution in [0.4, 0.5) is 0 Å². The second-order valence-electron chi connectivity index (χ2n) is 4.23. The van der Waals surface area contributed by atoms with Gasteiger partial charge in [0.1, 0.15) is 0 Å². The van der Waals surface area contributed by atoms with E-state index in [1.165, 1.54) is 25.7 Å². The van der Waals surface area contributed by atoms with Gasteiger partial charge in [-0.3, -0.25) is 0 Å². The maximum absolute atomic E-state index is 4.16. The molecule has 10 heavy (non-hydrogen) atoms. The lowest BCUT2D eigenvalue weighted by Crippen LogP contribution is -2.13. The Labute approximate surface area is 64.0 Å². The highest BCUT2D eigenvalue weighted by atomic mass is 14.5. The number of rotatable bonds is 3. The van der Waals surface area contributed by atoms with E-state index >= 15 is 0 Å². The van der Waals surface area contributed by atoms with Crippen molar-refractivity contribution in [2.45, 2.75) is 32.6 Å². The van der Waals surface area contributed by atoms with Crippen molar-refractivity contribution >= 4 is 0 Å². The third-order valence-corrected chi connectivity index (χ3v) is 2.99. The van der Waals surface area contributed by atoms with Gasteiger partial charge in [-0.15, -0.1) is 0 Å². The molecular formula is C10H17. The molecule has 0 amide bonds. The summed E-state index contributed by atoms with van der Waals surface area (Å²) in [5.41, 5.74) is 0. The molecule has 0 spiro atoms. The van der Waals surface area contributed by atoms with Crippen molar-refractivity contribution in [3.63, 3.8) is 0 Å². The van der Waals surface area contributed by atoms with E-state index in [9.17, 15) is 0 Å². The van der Waals surface area contributed by atoms with Gasteiger partial charge in [0.15, 0.2) is 0 Å². The van der Waals surface area contributed by atoms with Gasteiger partial charge < -0.3 is 0 Å². The highest BCUT2D eigenvalue weighted by Crippen LogP contribution is 2.52. The predicted molar refractivity (Wildman–Crippen MR) is 43.5 cm³/mol. The third-order valence-electron chi connectivity index (χ3n) is 2.99. The first-order chi connectivity index (χ1) is 4.79. The van der Waals surface area contributed by atoms with Crippen LogP contribution in [0.15, 0.2) is 0 Å². The van der Waals surface area contributed by atoms with Gasteiger partial charge >= 0.3 is 0 Å². The van der Waals surface area contributed by atoms with Crippen LogP contribution < -0.4 is 0 Å². The molecule has 0 bridgehead atoms. The van der Waals surface area contributed by atoms with Crippen LogP contribution in [0.1, 0.15) is 32.6 Å². The van der Waals surface area contributed by atoms with Crippen molar-refractivity contribution in [3.05, 3.63) is 6.92 Å². The van der Waals surface area contributed by atoms with E-state index < -0.39 is 0 Å². The molecule has 2 fully saturated rings. The van der Waals surface area contributed by atoms with Gasteiger partial charge in [-0.25, -0.2) is 0 Å². The lowest BCUT2D eigenvalue weighted by Gasteiger charge is -2.18. The second kappa shape index (κ2) is 2.25. The molecule has 1 atom stereocenters. The Morgan fingerprint density at radius 3 is 1.70 bits per heavy atom. The Hall–Kier alpha value is 0. The Balaban J connectivity index is 1.92. The smallest absolute Gasteiger partial charge is 0.0332 e. The minimum Gasteiger partial charge on any atom is -0.0622 e. The minimum absolute atomic E-state index is 0.708. The normalized spacial score (nSPS) is 26.4. The topological polar surface area (TPSA) is 0 Å². The fraction of sp³-hybridized carbons (Fsp3) is 0.900. The first-order valence-corrected chi connectivity index (χ1v) is 4.62. The lowest BCUT2D eigenvalue weighted by atomic mass is 9.87. The molecule has 2 saturated carbocycles. The van der Waals surface area contributed by atoms with Gasteiger partial charge in [-0.1, -0.05) is 13.8 Å². The van der Waals surface area contributed by atoms with E-state index in [1.807, 2.05) is 0 Å². The fourth-order valence-corrected chi connectivity index (χ4v) is 2.28. The molecule has 1 radical (unpaired) electrons. The first kappa shape index (κ1) is 6.69. The van der Waals surface area contributed by atoms with Crippen molar-refractivity contribution in [2.75, 3.05) is 0 Å². The highest BCUT2D eigenvalue weighted by molar-refractivity contribution is 4.94. The molecule has 0 nitrogen and oxygen atoms in total. The Morgan fingerprint density at radius 2 is 1.50 bits per heavy atom. The summed E-state index contributed by atoms with van der Waals surface area (Å²) in [6.07, 6.45) is 6.00. The molecule has 0 saturated heterocycles. The molecule has 0 heterocycles. The molecule has 2 rings (SSSR count). The summed E-state index contributed by atoms with van der Waals surface area (Å²) < 4.78 is 0. The van der Waals surface area contributed by atoms with E-state index in [2.05, 4.69) is 13.8 Å². The van der Waals surface area contributed by atoms with Gasteiger partial charge in [-0.2, -0.15) is 0 Å². The molecule has 0 aromatic carbocycles. The van der Waals surface area contributed by atoms with Crippen molar-refractivity contribution in [1.82, 2.24) is 0 Å². The molecule has 0 heteroatoms. The average Bonchev–Trinajstić information content (AvgIpc) is 2.49. The van der Waals surface area contributed by atoms with Crippen LogP contribution in [0.3, 0.4) is 0 Å². The fourth-order valence-electron chi connectivity index (χ4n) is 2.28. The largest absolute Gasteiger partial charge is 0.0622 e. The monoisotopic (exact) mass is 137 g/mol. The zero-order valence-electron chi connectivity index (χ0n) is 6.84. The van der Waals surface area contributed by atoms with E-state index in [0.29, 0.717) is 5.92 Å². The maximum atomic E-state index is 4.16. The second-order valence-corrected chi connectivity index (χ2v) is 4.23. The van der Waals surface area contributed by atoms with Crippen molar-refractivity contribution in [1.29, 1.82) is 0 Å². The summed E-state index contributed by atoms with van der Waals surface area (Å²) in [6.45, 7) is 6.45. The number of hydrogen-bond donors (Lipinski definition) is 0. The Morgan fingerprint density at radius 1 is 1.10 bits per heavy atom. The zero-order chi connectivity index (χ0) is 7.14. The van der Waals surface area contributed by atoms with Crippen molar-refractivity contribution in [3.8, 4) is 0 Å². The summed E-state index contributed by atoms with van der Waals surface area (Å²) in [7, 11) is 0. The first-order valence-electron chi connectivity index (χ1n) is 4.62. The van der Waals surface area contributed by atoms with E-state index in [-0.39, 0.29) is 0 Å². The van der Waals surface area contributed by atoms with Gasteiger partial charge in [0, 0.05) is 0 Å². The summed E-state index contributed by atoms with van der Waals surface area (Å²) >= 11 is 0. The standard InChI is InChI=1S/C10H17/c1-7(2)10(8-3-4-8)9-5-6-9/h7-10H,1,3-6H2,2H3. The van der Waals surface area contributed by atoms with Crippen LogP contribution in [0.2, 0.25) is 0 Å². The number of hydrogen-bond acceptors (Lipinski definition) is 0. The summed E-state index contributed by atoms with van der Waals surface area (Å²) in [6, 6.07) is 0. The summed E-state index contributed by atoms with van der Waals surface area (Å²) in [4.78, 5) is 0. The molecule has 57 valence electrons. The maximum Gasteiger partial charge on any atom is -0.0332 e. The Bertz CT molecular complexity index is 103. The summed E-state index contributed by atoms with van der Waals surface area (Å²) in [5, 5.41) is 0. The van der Waals surface area contributed by atoms with Crippen molar-refractivity contribution in [2.24, 2.45) is 23.7 Å². The molecule has 0 aliphatic heterocycles. The van der Waals surface area contributed by atoms with Crippen LogP contribution in [0, 0.1) is 30.6 Å². The van der Waals surface area contributed by atoms with Crippen molar-refractivity contribution < 1.29 is 0 Å². The van der Waals surface area contributed by atoms with Crippen LogP contribution in [-0.4, -0.2) is 0 Å². The van der Waals surface area contributed by atoms with Gasteiger partial charge in [0.25, 0.3) is 0 Å². The highest BCUT2D eigenvalue weighted by Gasteiger charge is 2.42. The van der Waals surface area contributed by atoms with Gasteiger partial charge in [-0.05, 0) is 49.4 Å². The van der Waals surface area contributed by atoms with E-state index in [0.717, 1.165) is 17.8 Å². The Kier molecular flexibility index (Phi) is 1.51. The molecule has 0 aromatic heterocycles. The average molecular weight is 137 g/mol. The van der Waals surface area contributed by atoms with Crippen LogP contribution in [-0.2, 0) is 0 Å². The molecular weight excluding hydrogens is 120 g/mol. The minimum atomic E-state index is 0.708. The predicted octanol–water partition coefficient (Wildman–Crippen LogP) is 2.89.